The van der Waals surface area contributed by atoms with Crippen molar-refractivity contribution >= 4 is 5.91 Å². The average Bonchev–Trinajstić information content (AvgIpc) is 3.22. The highest BCUT2D eigenvalue weighted by atomic mass is 16.5. The van der Waals surface area contributed by atoms with Crippen LogP contribution in [-0.4, -0.2) is 30.6 Å². The second kappa shape index (κ2) is 6.47. The largest absolute Gasteiger partial charge is 0.379 e. The molecule has 3 N–H and O–H groups in total. The van der Waals surface area contributed by atoms with E-state index in [0.717, 1.165) is 12.5 Å². The fourth-order valence-electron chi connectivity index (χ4n) is 1.60. The van der Waals surface area contributed by atoms with Crippen LogP contribution in [0.1, 0.15) is 28.9 Å². The van der Waals surface area contributed by atoms with Crippen LogP contribution in [0, 0.1) is 5.92 Å². The molecule has 1 saturated carbocycles. The van der Waals surface area contributed by atoms with Crippen LogP contribution in [0.3, 0.4) is 0 Å². The fraction of sp³-hybridized carbons (Fsp3) is 0.538. The summed E-state index contributed by atoms with van der Waals surface area (Å²) in [5, 5.41) is 2.81. The molecule has 5 heteroatoms. The van der Waals surface area contributed by atoms with Crippen LogP contribution in [0.4, 0.5) is 0 Å². The number of hydrogen-bond acceptors (Lipinski definition) is 4. The number of rotatable bonds is 7. The molecule has 1 aromatic rings. The van der Waals surface area contributed by atoms with E-state index >= 15 is 0 Å². The Balaban J connectivity index is 1.69. The molecule has 0 aliphatic heterocycles. The van der Waals surface area contributed by atoms with Gasteiger partial charge in [0.25, 0.3) is 5.91 Å². The second-order valence-corrected chi connectivity index (χ2v) is 4.51. The van der Waals surface area contributed by atoms with Crippen LogP contribution in [0.15, 0.2) is 18.3 Å². The van der Waals surface area contributed by atoms with Gasteiger partial charge in [0, 0.05) is 31.5 Å². The van der Waals surface area contributed by atoms with Crippen molar-refractivity contribution in [3.8, 4) is 0 Å². The molecule has 1 amide bonds. The van der Waals surface area contributed by atoms with Crippen LogP contribution < -0.4 is 11.1 Å². The van der Waals surface area contributed by atoms with E-state index < -0.39 is 0 Å². The first-order chi connectivity index (χ1) is 8.79. The zero-order valence-corrected chi connectivity index (χ0v) is 10.4. The minimum Gasteiger partial charge on any atom is -0.379 e. The molecule has 2 rings (SSSR count). The van der Waals surface area contributed by atoms with Crippen molar-refractivity contribution in [2.75, 3.05) is 19.8 Å². The Bertz CT molecular complexity index is 405. The summed E-state index contributed by atoms with van der Waals surface area (Å²) in [5.41, 5.74) is 6.78. The maximum atomic E-state index is 11.8. The van der Waals surface area contributed by atoms with E-state index in [-0.39, 0.29) is 5.91 Å². The highest BCUT2D eigenvalue weighted by molar-refractivity contribution is 5.94. The van der Waals surface area contributed by atoms with Gasteiger partial charge in [-0.2, -0.15) is 0 Å². The molecule has 1 heterocycles. The third-order valence-electron chi connectivity index (χ3n) is 2.87. The van der Waals surface area contributed by atoms with Gasteiger partial charge in [0.15, 0.2) is 0 Å². The Kier molecular flexibility index (Phi) is 4.66. The summed E-state index contributed by atoms with van der Waals surface area (Å²) < 4.78 is 5.44. The molecule has 0 aromatic carbocycles. The standard InChI is InChI=1S/C13H19N3O2/c14-8-12-7-11(3-4-15-12)13(17)16-5-6-18-9-10-1-2-10/h3-4,7,10H,1-2,5-6,8-9,14H2,(H,16,17). The molecular formula is C13H19N3O2. The third-order valence-corrected chi connectivity index (χ3v) is 2.87. The third kappa shape index (κ3) is 4.09. The molecule has 5 nitrogen and oxygen atoms in total. The van der Waals surface area contributed by atoms with E-state index in [1.165, 1.54) is 12.8 Å². The van der Waals surface area contributed by atoms with E-state index in [4.69, 9.17) is 10.5 Å². The zero-order chi connectivity index (χ0) is 12.8. The number of hydrogen-bond donors (Lipinski definition) is 2. The Morgan fingerprint density at radius 2 is 2.39 bits per heavy atom. The molecule has 1 aliphatic carbocycles. The van der Waals surface area contributed by atoms with Crippen LogP contribution in [0.5, 0.6) is 0 Å². The highest BCUT2D eigenvalue weighted by Gasteiger charge is 2.20. The summed E-state index contributed by atoms with van der Waals surface area (Å²) in [6.07, 6.45) is 4.16. The van der Waals surface area contributed by atoms with Gasteiger partial charge in [-0.05, 0) is 30.9 Å². The Hall–Kier alpha value is -1.46. The van der Waals surface area contributed by atoms with E-state index in [9.17, 15) is 4.79 Å². The summed E-state index contributed by atoms with van der Waals surface area (Å²) in [7, 11) is 0. The average molecular weight is 249 g/mol. The lowest BCUT2D eigenvalue weighted by Crippen LogP contribution is -2.27. The van der Waals surface area contributed by atoms with Crippen molar-refractivity contribution in [3.63, 3.8) is 0 Å². The number of amides is 1. The topological polar surface area (TPSA) is 77.2 Å². The van der Waals surface area contributed by atoms with Gasteiger partial charge in [-0.25, -0.2) is 0 Å². The van der Waals surface area contributed by atoms with Gasteiger partial charge in [-0.15, -0.1) is 0 Å². The van der Waals surface area contributed by atoms with Crippen molar-refractivity contribution in [1.82, 2.24) is 10.3 Å². The summed E-state index contributed by atoms with van der Waals surface area (Å²) in [6.45, 7) is 2.26. The summed E-state index contributed by atoms with van der Waals surface area (Å²) in [4.78, 5) is 15.8. The number of aromatic nitrogens is 1. The minimum atomic E-state index is -0.109. The molecule has 0 radical (unpaired) electrons. The van der Waals surface area contributed by atoms with Gasteiger partial charge in [-0.1, -0.05) is 0 Å². The lowest BCUT2D eigenvalue weighted by atomic mass is 10.2. The highest BCUT2D eigenvalue weighted by Crippen LogP contribution is 2.28. The predicted octanol–water partition coefficient (Wildman–Crippen LogP) is 0.697. The number of carbonyl (C=O) groups excluding carboxylic acids is 1. The summed E-state index contributed by atoms with van der Waals surface area (Å²) in [6, 6.07) is 3.39. The molecule has 98 valence electrons. The lowest BCUT2D eigenvalue weighted by Gasteiger charge is -2.06. The molecule has 0 spiro atoms. The number of nitrogens with two attached hydrogens (primary N) is 1. The summed E-state index contributed by atoms with van der Waals surface area (Å²) >= 11 is 0. The van der Waals surface area contributed by atoms with E-state index in [1.54, 1.807) is 18.3 Å². The van der Waals surface area contributed by atoms with Crippen molar-refractivity contribution in [2.45, 2.75) is 19.4 Å². The summed E-state index contributed by atoms with van der Waals surface area (Å²) in [5.74, 6) is 0.648. The maximum absolute atomic E-state index is 11.8. The van der Waals surface area contributed by atoms with Crippen LogP contribution >= 0.6 is 0 Å². The Morgan fingerprint density at radius 3 is 3.11 bits per heavy atom. The molecule has 0 atom stereocenters. The van der Waals surface area contributed by atoms with Gasteiger partial charge in [0.2, 0.25) is 0 Å². The SMILES string of the molecule is NCc1cc(C(=O)NCCOCC2CC2)ccn1. The van der Waals surface area contributed by atoms with Gasteiger partial charge in [0.05, 0.1) is 12.3 Å². The Labute approximate surface area is 107 Å². The Morgan fingerprint density at radius 1 is 1.56 bits per heavy atom. The number of pyridine rings is 1. The zero-order valence-electron chi connectivity index (χ0n) is 10.4. The van der Waals surface area contributed by atoms with Crippen LogP contribution in [-0.2, 0) is 11.3 Å². The lowest BCUT2D eigenvalue weighted by molar-refractivity contribution is 0.0906. The van der Waals surface area contributed by atoms with Crippen LogP contribution in [0.25, 0.3) is 0 Å². The smallest absolute Gasteiger partial charge is 0.251 e. The van der Waals surface area contributed by atoms with Crippen molar-refractivity contribution in [3.05, 3.63) is 29.6 Å². The molecule has 1 aliphatic rings. The normalized spacial score (nSPS) is 14.5. The van der Waals surface area contributed by atoms with Crippen molar-refractivity contribution in [2.24, 2.45) is 11.7 Å². The van der Waals surface area contributed by atoms with Gasteiger partial charge in [0.1, 0.15) is 0 Å². The van der Waals surface area contributed by atoms with Crippen LogP contribution in [0.2, 0.25) is 0 Å². The molecule has 18 heavy (non-hydrogen) atoms. The number of ether oxygens (including phenoxy) is 1. The number of nitrogens with zero attached hydrogens (tertiary/aromatic N) is 1. The molecule has 0 bridgehead atoms. The maximum Gasteiger partial charge on any atom is 0.251 e. The first kappa shape index (κ1) is 13.0. The minimum absolute atomic E-state index is 0.109. The monoisotopic (exact) mass is 249 g/mol. The van der Waals surface area contributed by atoms with E-state index in [1.807, 2.05) is 0 Å². The molecular weight excluding hydrogens is 230 g/mol. The molecule has 1 fully saturated rings. The first-order valence-electron chi connectivity index (χ1n) is 6.30. The van der Waals surface area contributed by atoms with Crippen molar-refractivity contribution in [1.29, 1.82) is 0 Å². The van der Waals surface area contributed by atoms with Gasteiger partial charge in [-0.3, -0.25) is 9.78 Å². The molecule has 0 saturated heterocycles. The van der Waals surface area contributed by atoms with Gasteiger partial charge < -0.3 is 15.8 Å². The van der Waals surface area contributed by atoms with E-state index in [0.29, 0.717) is 31.0 Å². The predicted molar refractivity (Wildman–Crippen MR) is 68.0 cm³/mol. The van der Waals surface area contributed by atoms with Gasteiger partial charge >= 0.3 is 0 Å². The first-order valence-corrected chi connectivity index (χ1v) is 6.30. The number of nitrogens with one attached hydrogen (secondary N) is 1. The second-order valence-electron chi connectivity index (χ2n) is 4.51. The van der Waals surface area contributed by atoms with Crippen molar-refractivity contribution < 1.29 is 9.53 Å². The quantitative estimate of drug-likeness (QED) is 0.697. The molecule has 1 aromatic heterocycles. The molecule has 0 unspecified atom stereocenters. The number of carbonyl (C=O) groups is 1. The van der Waals surface area contributed by atoms with E-state index in [2.05, 4.69) is 10.3 Å². The fourth-order valence-corrected chi connectivity index (χ4v) is 1.60.